The number of rotatable bonds is 6. The minimum absolute atomic E-state index is 0. The predicted octanol–water partition coefficient (Wildman–Crippen LogP) is 1.72. The molecular formula is C23H33N6NaO3S. The number of likely N-dealkylation sites (N-methyl/N-ethyl adjacent to an activating group) is 1. The van der Waals surface area contributed by atoms with Crippen LogP contribution in [0.4, 0.5) is 16.2 Å². The first-order valence-electron chi connectivity index (χ1n) is 11.9. The Labute approximate surface area is 223 Å². The molecule has 2 aromatic rings. The van der Waals surface area contributed by atoms with Crippen molar-refractivity contribution in [2.75, 3.05) is 29.3 Å². The van der Waals surface area contributed by atoms with Gasteiger partial charge in [-0.05, 0) is 73.7 Å². The summed E-state index contributed by atoms with van der Waals surface area (Å²) in [5, 5.41) is 7.09. The van der Waals surface area contributed by atoms with E-state index in [0.29, 0.717) is 18.7 Å². The van der Waals surface area contributed by atoms with Crippen LogP contribution in [-0.2, 0) is 42.9 Å². The number of aromatic nitrogens is 2. The molecule has 1 aliphatic heterocycles. The van der Waals surface area contributed by atoms with Crippen LogP contribution in [0.1, 0.15) is 48.4 Å². The Morgan fingerprint density at radius 1 is 1.18 bits per heavy atom. The van der Waals surface area contributed by atoms with Gasteiger partial charge < -0.3 is 10.2 Å². The number of nitrogens with one attached hydrogen (secondary N) is 2. The van der Waals surface area contributed by atoms with E-state index in [1.165, 1.54) is 32.8 Å². The second-order valence-corrected chi connectivity index (χ2v) is 10.8. The van der Waals surface area contributed by atoms with Crippen LogP contribution in [0.25, 0.3) is 0 Å². The summed E-state index contributed by atoms with van der Waals surface area (Å²) in [6.07, 6.45) is 9.90. The molecule has 2 aliphatic carbocycles. The van der Waals surface area contributed by atoms with E-state index < -0.39 is 16.2 Å². The second-order valence-electron chi connectivity index (χ2n) is 9.30. The number of fused-ring (bicyclic) bond motifs is 2. The normalized spacial score (nSPS) is 19.4. The van der Waals surface area contributed by atoms with Crippen molar-refractivity contribution >= 4 is 57.2 Å². The number of hydrogen-bond donors (Lipinski definition) is 2. The summed E-state index contributed by atoms with van der Waals surface area (Å²) in [7, 11) is -2.39. The molecule has 34 heavy (non-hydrogen) atoms. The summed E-state index contributed by atoms with van der Waals surface area (Å²) >= 11 is 0. The van der Waals surface area contributed by atoms with E-state index in [-0.39, 0.29) is 35.6 Å². The van der Waals surface area contributed by atoms with E-state index >= 15 is 0 Å². The maximum atomic E-state index is 13.5. The zero-order valence-electron chi connectivity index (χ0n) is 19.3. The average Bonchev–Trinajstić information content (AvgIpc) is 3.54. The first-order valence-corrected chi connectivity index (χ1v) is 13.3. The van der Waals surface area contributed by atoms with Crippen molar-refractivity contribution in [3.63, 3.8) is 0 Å². The van der Waals surface area contributed by atoms with Gasteiger partial charge in [0.15, 0.2) is 0 Å². The van der Waals surface area contributed by atoms with Crippen LogP contribution >= 0.6 is 0 Å². The summed E-state index contributed by atoms with van der Waals surface area (Å²) in [5.74, 6) is 0. The molecule has 1 aromatic carbocycles. The van der Waals surface area contributed by atoms with E-state index in [2.05, 4.69) is 33.0 Å². The van der Waals surface area contributed by atoms with Crippen molar-refractivity contribution < 1.29 is 13.2 Å². The summed E-state index contributed by atoms with van der Waals surface area (Å²) in [6, 6.07) is 1.32. The molecule has 0 bridgehead atoms. The van der Waals surface area contributed by atoms with Gasteiger partial charge in [-0.2, -0.15) is 13.5 Å². The van der Waals surface area contributed by atoms with Gasteiger partial charge in [0.2, 0.25) is 0 Å². The van der Waals surface area contributed by atoms with Crippen molar-refractivity contribution in [1.82, 2.24) is 19.4 Å². The molecule has 3 aliphatic rings. The Morgan fingerprint density at radius 2 is 1.85 bits per heavy atom. The van der Waals surface area contributed by atoms with Crippen molar-refractivity contribution in [3.05, 3.63) is 40.7 Å². The first kappa shape index (κ1) is 25.5. The maximum absolute atomic E-state index is 13.5. The Kier molecular flexibility index (Phi) is 7.64. The van der Waals surface area contributed by atoms with E-state index in [1.54, 1.807) is 17.9 Å². The topological polar surface area (TPSA) is 99.6 Å². The SMILES string of the molecule is CCN1CCC(N(c2cnn(C)c2)S(=O)(=O)NC(=O)Nc2c3c(cc4c2CCC4)CCC3)C1.[NaH]. The fourth-order valence-electron chi connectivity index (χ4n) is 5.63. The number of benzene rings is 1. The molecular weight excluding hydrogens is 463 g/mol. The number of amides is 2. The third-order valence-electron chi connectivity index (χ3n) is 7.16. The Bertz CT molecular complexity index is 1150. The molecule has 9 nitrogen and oxygen atoms in total. The molecule has 2 N–H and O–H groups in total. The number of urea groups is 1. The van der Waals surface area contributed by atoms with Crippen LogP contribution in [0.3, 0.4) is 0 Å². The second kappa shape index (κ2) is 10.2. The fourth-order valence-corrected chi connectivity index (χ4v) is 6.95. The minimum atomic E-state index is -4.13. The van der Waals surface area contributed by atoms with Crippen LogP contribution in [0.15, 0.2) is 18.5 Å². The van der Waals surface area contributed by atoms with Gasteiger partial charge in [0.05, 0.1) is 17.9 Å². The van der Waals surface area contributed by atoms with Crippen molar-refractivity contribution in [2.45, 2.75) is 57.9 Å². The summed E-state index contributed by atoms with van der Waals surface area (Å²) in [4.78, 5) is 15.3. The number of nitrogens with zero attached hydrogens (tertiary/aromatic N) is 4. The monoisotopic (exact) mass is 496 g/mol. The van der Waals surface area contributed by atoms with E-state index in [4.69, 9.17) is 0 Å². The number of carbonyl (C=O) groups excluding carboxylic acids is 1. The molecule has 5 rings (SSSR count). The van der Waals surface area contributed by atoms with Crippen LogP contribution in [0, 0.1) is 0 Å². The molecule has 1 unspecified atom stereocenters. The third-order valence-corrected chi connectivity index (χ3v) is 8.63. The van der Waals surface area contributed by atoms with E-state index in [0.717, 1.165) is 57.3 Å². The summed E-state index contributed by atoms with van der Waals surface area (Å²) in [5.41, 5.74) is 6.20. The van der Waals surface area contributed by atoms with Crippen molar-refractivity contribution in [2.24, 2.45) is 7.05 Å². The van der Waals surface area contributed by atoms with Crippen LogP contribution in [0.2, 0.25) is 0 Å². The molecule has 1 atom stereocenters. The number of carbonyl (C=O) groups is 1. The summed E-state index contributed by atoms with van der Waals surface area (Å²) in [6.45, 7) is 4.36. The first-order chi connectivity index (χ1) is 15.9. The van der Waals surface area contributed by atoms with Gasteiger partial charge in [-0.25, -0.2) is 13.8 Å². The van der Waals surface area contributed by atoms with Gasteiger partial charge in [-0.1, -0.05) is 13.0 Å². The van der Waals surface area contributed by atoms with Crippen LogP contribution < -0.4 is 14.3 Å². The molecule has 1 aromatic heterocycles. The molecule has 2 heterocycles. The van der Waals surface area contributed by atoms with Crippen molar-refractivity contribution in [1.29, 1.82) is 0 Å². The summed E-state index contributed by atoms with van der Waals surface area (Å²) < 4.78 is 32.2. The standard InChI is InChI=1S/C23H32N6O3S.Na.H/c1-3-28-11-10-18(15-28)29(19-13-24-27(2)14-19)33(31,32)26-23(30)25-22-20-8-4-6-16(20)12-17-7-5-9-21(17)22;;/h12-14,18H,3-11,15H2,1-2H3,(H2,25,26,30);;. The Hall–Kier alpha value is -1.59. The molecule has 1 fully saturated rings. The zero-order valence-corrected chi connectivity index (χ0v) is 20.1. The van der Waals surface area contributed by atoms with E-state index in [9.17, 15) is 13.2 Å². The van der Waals surface area contributed by atoms with Crippen LogP contribution in [0.5, 0.6) is 0 Å². The predicted molar refractivity (Wildman–Crippen MR) is 135 cm³/mol. The van der Waals surface area contributed by atoms with Gasteiger partial charge in [0.1, 0.15) is 0 Å². The Balaban J connectivity index is 0.00000274. The average molecular weight is 497 g/mol. The zero-order chi connectivity index (χ0) is 23.2. The van der Waals surface area contributed by atoms with Gasteiger partial charge in [0.25, 0.3) is 0 Å². The van der Waals surface area contributed by atoms with Gasteiger partial charge >= 0.3 is 45.8 Å². The molecule has 2 amide bonds. The Morgan fingerprint density at radius 3 is 2.41 bits per heavy atom. The van der Waals surface area contributed by atoms with Gasteiger partial charge in [0, 0.05) is 32.0 Å². The third kappa shape index (κ3) is 4.88. The van der Waals surface area contributed by atoms with Gasteiger partial charge in [-0.15, -0.1) is 0 Å². The van der Waals surface area contributed by atoms with Crippen molar-refractivity contribution in [3.8, 4) is 0 Å². The number of aryl methyl sites for hydroxylation is 3. The molecule has 0 saturated carbocycles. The molecule has 11 heteroatoms. The van der Waals surface area contributed by atoms with Gasteiger partial charge in [-0.3, -0.25) is 4.68 Å². The molecule has 0 radical (unpaired) electrons. The molecule has 0 spiro atoms. The molecule has 180 valence electrons. The quantitative estimate of drug-likeness (QED) is 0.594. The number of likely N-dealkylation sites (tertiary alicyclic amines) is 1. The number of anilines is 2. The fraction of sp³-hybridized carbons (Fsp3) is 0.565. The van der Waals surface area contributed by atoms with Crippen LogP contribution in [-0.4, -0.2) is 84.4 Å². The number of hydrogen-bond acceptors (Lipinski definition) is 5. The molecule has 1 saturated heterocycles. The van der Waals surface area contributed by atoms with E-state index in [1.807, 2.05) is 0 Å².